The summed E-state index contributed by atoms with van der Waals surface area (Å²) in [6, 6.07) is 15.0. The van der Waals surface area contributed by atoms with Gasteiger partial charge in [0.2, 0.25) is 5.71 Å². The molecule has 7 nitrogen and oxygen atoms in total. The number of halogens is 4. The number of carbonyl (C=O) groups excluding carboxylic acids is 2. The van der Waals surface area contributed by atoms with Gasteiger partial charge in [0.05, 0.1) is 22.7 Å². The number of nitrogens with one attached hydrogen (secondary N) is 2. The summed E-state index contributed by atoms with van der Waals surface area (Å²) in [5.74, 6) is -1.49. The predicted molar refractivity (Wildman–Crippen MR) is 144 cm³/mol. The van der Waals surface area contributed by atoms with Crippen LogP contribution in [0.4, 0.5) is 17.6 Å². The van der Waals surface area contributed by atoms with Crippen LogP contribution in [0.5, 0.6) is 0 Å². The van der Waals surface area contributed by atoms with Crippen molar-refractivity contribution in [2.75, 3.05) is 7.05 Å². The van der Waals surface area contributed by atoms with Gasteiger partial charge in [0.25, 0.3) is 11.8 Å². The third kappa shape index (κ3) is 6.38. The van der Waals surface area contributed by atoms with Crippen molar-refractivity contribution in [3.63, 3.8) is 0 Å². The Bertz CT molecular complexity index is 1660. The maximum atomic E-state index is 13.6. The molecule has 41 heavy (non-hydrogen) atoms. The molecule has 0 fully saturated rings. The van der Waals surface area contributed by atoms with Gasteiger partial charge >= 0.3 is 6.18 Å². The molecule has 1 unspecified atom stereocenters. The lowest BCUT2D eigenvalue weighted by atomic mass is 9.96. The molecule has 1 atom stereocenters. The van der Waals surface area contributed by atoms with Gasteiger partial charge in [-0.3, -0.25) is 9.59 Å². The van der Waals surface area contributed by atoms with Crippen LogP contribution >= 0.6 is 0 Å². The van der Waals surface area contributed by atoms with E-state index in [2.05, 4.69) is 21.7 Å². The van der Waals surface area contributed by atoms with Gasteiger partial charge in [0.15, 0.2) is 0 Å². The molecule has 2 aromatic carbocycles. The van der Waals surface area contributed by atoms with Gasteiger partial charge in [0.1, 0.15) is 17.1 Å². The van der Waals surface area contributed by atoms with Gasteiger partial charge in [-0.25, -0.2) is 9.37 Å². The Hall–Kier alpha value is -4.72. The van der Waals surface area contributed by atoms with E-state index < -0.39 is 42.2 Å². The summed E-state index contributed by atoms with van der Waals surface area (Å²) in [5.41, 5.74) is 0.157. The second kappa shape index (κ2) is 11.4. The molecule has 0 radical (unpaired) electrons. The van der Waals surface area contributed by atoms with E-state index in [1.54, 1.807) is 26.0 Å². The lowest BCUT2D eigenvalue weighted by molar-refractivity contribution is -0.134. The Labute approximate surface area is 233 Å². The number of nitrogens with zero attached hydrogens (tertiary/aromatic N) is 2. The molecule has 4 rings (SSSR count). The summed E-state index contributed by atoms with van der Waals surface area (Å²) in [4.78, 5) is 30.3. The van der Waals surface area contributed by atoms with Crippen molar-refractivity contribution < 1.29 is 31.6 Å². The molecule has 2 amide bonds. The first-order chi connectivity index (χ1) is 19.4. The second-order valence-corrected chi connectivity index (χ2v) is 9.68. The quantitative estimate of drug-likeness (QED) is 0.234. The molecular weight excluding hydrogens is 540 g/mol. The molecule has 0 aliphatic heterocycles. The van der Waals surface area contributed by atoms with E-state index in [9.17, 15) is 32.4 Å². The average Bonchev–Trinajstić information content (AvgIpc) is 3.33. The topological polar surface area (TPSA) is 108 Å². The first-order valence-electron chi connectivity index (χ1n) is 12.7. The van der Waals surface area contributed by atoms with Gasteiger partial charge < -0.3 is 15.1 Å². The molecule has 2 aromatic heterocycles. The van der Waals surface area contributed by atoms with E-state index in [1.165, 1.54) is 49.5 Å². The van der Waals surface area contributed by atoms with Crippen molar-refractivity contribution in [2.45, 2.75) is 44.8 Å². The van der Waals surface area contributed by atoms with Gasteiger partial charge in [-0.05, 0) is 67.8 Å². The highest BCUT2D eigenvalue weighted by Crippen LogP contribution is 2.37. The summed E-state index contributed by atoms with van der Waals surface area (Å²) < 4.78 is 59.2. The number of alkyl halides is 3. The van der Waals surface area contributed by atoms with E-state index in [0.717, 1.165) is 0 Å². The molecule has 0 bridgehead atoms. The fraction of sp³-hybridized carbons (Fsp3) is 0.267. The molecule has 2 heterocycles. The molecule has 0 saturated heterocycles. The predicted octanol–water partition coefficient (Wildman–Crippen LogP) is 6.58. The molecule has 11 heteroatoms. The Morgan fingerprint density at radius 3 is 2.37 bits per heavy atom. The number of amides is 2. The number of carbonyl (C=O) groups is 2. The van der Waals surface area contributed by atoms with Crippen molar-refractivity contribution >= 4 is 22.9 Å². The van der Waals surface area contributed by atoms with Gasteiger partial charge in [-0.15, -0.1) is 0 Å². The lowest BCUT2D eigenvalue weighted by Crippen LogP contribution is -2.44. The van der Waals surface area contributed by atoms with Crippen molar-refractivity contribution in [1.82, 2.24) is 15.6 Å². The minimum atomic E-state index is -4.47. The number of hydrogen-bond donors (Lipinski definition) is 2. The third-order valence-corrected chi connectivity index (χ3v) is 6.75. The molecule has 4 aromatic rings. The fourth-order valence-electron chi connectivity index (χ4n) is 4.26. The fourth-order valence-corrected chi connectivity index (χ4v) is 4.26. The molecule has 0 aliphatic rings. The summed E-state index contributed by atoms with van der Waals surface area (Å²) >= 11 is 0. The van der Waals surface area contributed by atoms with Crippen LogP contribution in [0.25, 0.3) is 33.6 Å². The van der Waals surface area contributed by atoms with Gasteiger partial charge in [0, 0.05) is 30.2 Å². The summed E-state index contributed by atoms with van der Waals surface area (Å²) in [6.45, 7) is 3.34. The highest BCUT2D eigenvalue weighted by atomic mass is 19.4. The lowest BCUT2D eigenvalue weighted by Gasteiger charge is -2.21. The highest BCUT2D eigenvalue weighted by Gasteiger charge is 2.30. The zero-order chi connectivity index (χ0) is 29.9. The zero-order valence-electron chi connectivity index (χ0n) is 22.4. The van der Waals surface area contributed by atoms with Crippen molar-refractivity contribution in [2.24, 2.45) is 0 Å². The number of rotatable bonds is 8. The Kier molecular flexibility index (Phi) is 8.14. The average molecular weight is 567 g/mol. The monoisotopic (exact) mass is 566 g/mol. The number of nitriles is 1. The standard InChI is InChI=1S/C30H26F4N4O3/c1-4-29(2,16-35)38-26(39)19-7-5-6-18(14-19)21-15-22-24(27(40)36-3)25(17-8-10-20(31)11-9-17)41-28(22)37-23(21)12-13-30(32,33)34/h5-11,14-15H,4,12-13H2,1-3H3,(H,36,40)(H,38,39). The SMILES string of the molecule is CCC(C)(C#N)NC(=O)c1cccc(-c2cc3c(C(=O)NC)c(-c4ccc(F)cc4)oc3nc2CCC(F)(F)F)c1. The number of furan rings is 1. The number of aromatic nitrogens is 1. The Morgan fingerprint density at radius 1 is 1.05 bits per heavy atom. The van der Waals surface area contributed by atoms with E-state index >= 15 is 0 Å². The third-order valence-electron chi connectivity index (χ3n) is 6.75. The molecular formula is C30H26F4N4O3. The van der Waals surface area contributed by atoms with E-state index in [0.29, 0.717) is 17.5 Å². The van der Waals surface area contributed by atoms with Gasteiger partial charge in [-0.1, -0.05) is 19.1 Å². The largest absolute Gasteiger partial charge is 0.437 e. The van der Waals surface area contributed by atoms with Crippen LogP contribution in [-0.2, 0) is 6.42 Å². The first kappa shape index (κ1) is 29.3. The maximum absolute atomic E-state index is 13.6. The van der Waals surface area contributed by atoms with Crippen molar-refractivity contribution in [1.29, 1.82) is 5.26 Å². The molecule has 0 aliphatic carbocycles. The Balaban J connectivity index is 1.91. The summed E-state index contributed by atoms with van der Waals surface area (Å²) in [6.07, 6.45) is -5.76. The number of fused-ring (bicyclic) bond motifs is 1. The number of hydrogen-bond acceptors (Lipinski definition) is 5. The van der Waals surface area contributed by atoms with Crippen LogP contribution in [0.15, 0.2) is 59.0 Å². The smallest absolute Gasteiger partial charge is 0.389 e. The summed E-state index contributed by atoms with van der Waals surface area (Å²) in [5, 5.41) is 14.9. The van der Waals surface area contributed by atoms with Crippen molar-refractivity contribution in [3.8, 4) is 28.5 Å². The van der Waals surface area contributed by atoms with Crippen LogP contribution in [-0.4, -0.2) is 35.6 Å². The van der Waals surface area contributed by atoms with E-state index in [1.807, 2.05) is 0 Å². The normalized spacial score (nSPS) is 12.9. The van der Waals surface area contributed by atoms with Crippen molar-refractivity contribution in [3.05, 3.63) is 77.2 Å². The minimum absolute atomic E-state index is 0.0469. The number of aryl methyl sites for hydroxylation is 1. The molecule has 0 saturated carbocycles. The number of pyridine rings is 1. The van der Waals surface area contributed by atoms with Gasteiger partial charge in [-0.2, -0.15) is 18.4 Å². The maximum Gasteiger partial charge on any atom is 0.389 e. The second-order valence-electron chi connectivity index (χ2n) is 9.68. The molecule has 2 N–H and O–H groups in total. The highest BCUT2D eigenvalue weighted by molar-refractivity contribution is 6.11. The van der Waals surface area contributed by atoms with Crippen LogP contribution in [0.1, 0.15) is 53.1 Å². The van der Waals surface area contributed by atoms with Crippen LogP contribution in [0.2, 0.25) is 0 Å². The van der Waals surface area contributed by atoms with Crippen LogP contribution < -0.4 is 10.6 Å². The minimum Gasteiger partial charge on any atom is -0.437 e. The van der Waals surface area contributed by atoms with Crippen LogP contribution in [0, 0.1) is 17.1 Å². The molecule has 0 spiro atoms. The van der Waals surface area contributed by atoms with Crippen LogP contribution in [0.3, 0.4) is 0 Å². The number of benzene rings is 2. The first-order valence-corrected chi connectivity index (χ1v) is 12.7. The van der Waals surface area contributed by atoms with E-state index in [4.69, 9.17) is 4.42 Å². The Morgan fingerprint density at radius 2 is 1.76 bits per heavy atom. The van der Waals surface area contributed by atoms with E-state index in [-0.39, 0.29) is 39.2 Å². The molecule has 212 valence electrons. The zero-order valence-corrected chi connectivity index (χ0v) is 22.4. The summed E-state index contributed by atoms with van der Waals surface area (Å²) in [7, 11) is 1.41.